The fraction of sp³-hybridized carbons (Fsp3) is 0.436. The minimum absolute atomic E-state index is 0.0247. The average molecular weight is 690 g/mol. The van der Waals surface area contributed by atoms with Gasteiger partial charge in [-0.3, -0.25) is 23.9 Å². The van der Waals surface area contributed by atoms with E-state index in [4.69, 9.17) is 19.4 Å². The highest BCUT2D eigenvalue weighted by Crippen LogP contribution is 2.29. The van der Waals surface area contributed by atoms with Crippen LogP contribution in [0.15, 0.2) is 70.3 Å². The van der Waals surface area contributed by atoms with E-state index in [1.165, 1.54) is 47.0 Å². The molecule has 1 saturated heterocycles. The fourth-order valence-corrected chi connectivity index (χ4v) is 5.76. The van der Waals surface area contributed by atoms with Crippen LogP contribution in [-0.4, -0.2) is 68.8 Å². The fourth-order valence-electron chi connectivity index (χ4n) is 5.76. The first kappa shape index (κ1) is 39.5. The number of hydrogen-bond acceptors (Lipinski definition) is 8. The van der Waals surface area contributed by atoms with Crippen molar-refractivity contribution in [1.29, 1.82) is 0 Å². The van der Waals surface area contributed by atoms with Crippen LogP contribution < -0.4 is 20.7 Å². The second-order valence-corrected chi connectivity index (χ2v) is 12.8. The number of carboxylic acid groups (broad SMARTS) is 1. The molecular formula is C39H51N3O8. The maximum atomic E-state index is 13.3. The summed E-state index contributed by atoms with van der Waals surface area (Å²) in [5, 5.41) is 16.9. The lowest BCUT2D eigenvalue weighted by Crippen LogP contribution is -2.37. The molecule has 5 rings (SSSR count). The maximum Gasteiger partial charge on any atom is 0.335 e. The molecule has 1 atom stereocenters. The van der Waals surface area contributed by atoms with Gasteiger partial charge >= 0.3 is 5.69 Å². The first-order valence-electron chi connectivity index (χ1n) is 17.2. The van der Waals surface area contributed by atoms with E-state index in [-0.39, 0.29) is 40.9 Å². The van der Waals surface area contributed by atoms with Gasteiger partial charge in [-0.2, -0.15) is 0 Å². The van der Waals surface area contributed by atoms with Crippen LogP contribution in [0.2, 0.25) is 0 Å². The number of aromatic hydroxyl groups is 1. The lowest BCUT2D eigenvalue weighted by atomic mass is 10.0. The molecule has 0 aliphatic carbocycles. The number of benzene rings is 3. The summed E-state index contributed by atoms with van der Waals surface area (Å²) >= 11 is 0. The van der Waals surface area contributed by atoms with Gasteiger partial charge in [-0.1, -0.05) is 45.4 Å². The molecule has 1 aliphatic heterocycles. The predicted octanol–water partition coefficient (Wildman–Crippen LogP) is 6.23. The van der Waals surface area contributed by atoms with E-state index in [1.54, 1.807) is 31.3 Å². The highest BCUT2D eigenvalue weighted by Gasteiger charge is 2.16. The SMILES string of the molecule is CC(C)Cc1ccc(-n2c(=O)c3cc(OCCN4CCCCC4)ccc3n(C)c2=O)cc1.CCC(C)Oc1cccc(O)c1C(C)=O.O=CO. The van der Waals surface area contributed by atoms with Gasteiger partial charge in [-0.05, 0) is 107 Å². The van der Waals surface area contributed by atoms with Crippen molar-refractivity contribution in [3.05, 3.63) is 92.6 Å². The summed E-state index contributed by atoms with van der Waals surface area (Å²) in [5.41, 5.74) is 1.98. The Morgan fingerprint density at radius 2 is 1.64 bits per heavy atom. The Labute approximate surface area is 293 Å². The third-order valence-electron chi connectivity index (χ3n) is 8.46. The second kappa shape index (κ2) is 19.3. The molecule has 1 aliphatic rings. The zero-order valence-electron chi connectivity index (χ0n) is 30.1. The second-order valence-electron chi connectivity index (χ2n) is 12.8. The Kier molecular flexibility index (Phi) is 15.3. The summed E-state index contributed by atoms with van der Waals surface area (Å²) in [4.78, 5) is 48.4. The van der Waals surface area contributed by atoms with Crippen molar-refractivity contribution in [3.8, 4) is 22.9 Å². The number of phenols is 1. The molecule has 1 unspecified atom stereocenters. The van der Waals surface area contributed by atoms with Gasteiger partial charge in [0.2, 0.25) is 0 Å². The Hall–Kier alpha value is -4.90. The Morgan fingerprint density at radius 3 is 2.24 bits per heavy atom. The van der Waals surface area contributed by atoms with Crippen LogP contribution in [0.3, 0.4) is 0 Å². The van der Waals surface area contributed by atoms with Gasteiger partial charge in [0.25, 0.3) is 12.0 Å². The van der Waals surface area contributed by atoms with E-state index < -0.39 is 0 Å². The lowest BCUT2D eigenvalue weighted by Gasteiger charge is -2.26. The van der Waals surface area contributed by atoms with Crippen molar-refractivity contribution >= 4 is 23.2 Å². The number of nitrogens with zero attached hydrogens (tertiary/aromatic N) is 3. The van der Waals surface area contributed by atoms with E-state index in [0.29, 0.717) is 40.6 Å². The van der Waals surface area contributed by atoms with Crippen molar-refractivity contribution in [3.63, 3.8) is 0 Å². The summed E-state index contributed by atoms with van der Waals surface area (Å²) in [5.74, 6) is 1.45. The number of Topliss-reactive ketones (excluding diaryl/α,β-unsaturated/α-hetero) is 1. The Morgan fingerprint density at radius 1 is 0.980 bits per heavy atom. The molecule has 1 fully saturated rings. The van der Waals surface area contributed by atoms with Crippen LogP contribution >= 0.6 is 0 Å². The number of phenolic OH excluding ortho intramolecular Hbond substituents is 1. The topological polar surface area (TPSA) is 140 Å². The minimum Gasteiger partial charge on any atom is -0.507 e. The number of hydrogen-bond donors (Lipinski definition) is 2. The monoisotopic (exact) mass is 689 g/mol. The number of fused-ring (bicyclic) bond motifs is 1. The normalized spacial score (nSPS) is 13.4. The number of ketones is 1. The van der Waals surface area contributed by atoms with Crippen LogP contribution in [0.25, 0.3) is 16.6 Å². The molecule has 11 nitrogen and oxygen atoms in total. The maximum absolute atomic E-state index is 13.3. The van der Waals surface area contributed by atoms with Crippen molar-refractivity contribution in [2.45, 2.75) is 72.8 Å². The van der Waals surface area contributed by atoms with E-state index >= 15 is 0 Å². The summed E-state index contributed by atoms with van der Waals surface area (Å²) < 4.78 is 14.3. The average Bonchev–Trinajstić information content (AvgIpc) is 3.09. The largest absolute Gasteiger partial charge is 0.507 e. The molecule has 3 aromatic carbocycles. The summed E-state index contributed by atoms with van der Waals surface area (Å²) in [7, 11) is 1.70. The number of aryl methyl sites for hydroxylation is 1. The van der Waals surface area contributed by atoms with Gasteiger partial charge in [0.1, 0.15) is 29.4 Å². The van der Waals surface area contributed by atoms with Gasteiger partial charge in [-0.25, -0.2) is 9.36 Å². The molecule has 0 bridgehead atoms. The molecule has 0 amide bonds. The predicted molar refractivity (Wildman–Crippen MR) is 196 cm³/mol. The smallest absolute Gasteiger partial charge is 0.335 e. The number of likely N-dealkylation sites (tertiary alicyclic amines) is 1. The van der Waals surface area contributed by atoms with Crippen molar-refractivity contribution in [2.24, 2.45) is 13.0 Å². The number of carbonyl (C=O) groups is 2. The molecule has 2 heterocycles. The number of piperidine rings is 1. The molecule has 1 aromatic heterocycles. The number of aromatic nitrogens is 2. The van der Waals surface area contributed by atoms with E-state index in [2.05, 4.69) is 18.7 Å². The van der Waals surface area contributed by atoms with Gasteiger partial charge < -0.3 is 19.7 Å². The molecule has 4 aromatic rings. The van der Waals surface area contributed by atoms with E-state index in [0.717, 1.165) is 32.5 Å². The Bertz CT molecular complexity index is 1820. The first-order valence-corrected chi connectivity index (χ1v) is 17.2. The molecule has 11 heteroatoms. The summed E-state index contributed by atoms with van der Waals surface area (Å²) in [6, 6.07) is 17.9. The van der Waals surface area contributed by atoms with Crippen molar-refractivity contribution in [1.82, 2.24) is 14.0 Å². The van der Waals surface area contributed by atoms with Crippen LogP contribution in [0.4, 0.5) is 0 Å². The molecule has 0 saturated carbocycles. The van der Waals surface area contributed by atoms with Crippen LogP contribution in [0.1, 0.15) is 76.2 Å². The van der Waals surface area contributed by atoms with Crippen LogP contribution in [0, 0.1) is 5.92 Å². The third kappa shape index (κ3) is 10.8. The van der Waals surface area contributed by atoms with Crippen molar-refractivity contribution < 1.29 is 29.3 Å². The summed E-state index contributed by atoms with van der Waals surface area (Å²) in [6.45, 7) is 13.2. The molecule has 0 radical (unpaired) electrons. The molecule has 50 heavy (non-hydrogen) atoms. The van der Waals surface area contributed by atoms with Crippen LogP contribution in [0.5, 0.6) is 17.2 Å². The van der Waals surface area contributed by atoms with Gasteiger partial charge in [0.05, 0.1) is 22.7 Å². The quantitative estimate of drug-likeness (QED) is 0.139. The number of ether oxygens (including phenoxy) is 2. The standard InChI is InChI=1S/C26H33N3O3.C12H16O3.CH2O2/c1-19(2)17-20-7-9-21(10-8-20)29-25(30)23-18-22(11-12-24(23)27(3)26(29)31)32-16-15-28-13-5-4-6-14-28;1-4-8(2)15-11-7-5-6-10(14)12(11)9(3)13;2-1-3/h7-12,18-19H,4-6,13-17H2,1-3H3;5-8,14H,4H2,1-3H3;1H,(H,2,3). The van der Waals surface area contributed by atoms with E-state index in [9.17, 15) is 19.5 Å². The molecule has 270 valence electrons. The van der Waals surface area contributed by atoms with Gasteiger partial charge in [0, 0.05) is 13.6 Å². The van der Waals surface area contributed by atoms with E-state index in [1.807, 2.05) is 44.2 Å². The lowest BCUT2D eigenvalue weighted by molar-refractivity contribution is -0.122. The van der Waals surface area contributed by atoms with Crippen LogP contribution in [-0.2, 0) is 18.3 Å². The molecular weight excluding hydrogens is 638 g/mol. The molecule has 0 spiro atoms. The van der Waals surface area contributed by atoms with Crippen molar-refractivity contribution in [2.75, 3.05) is 26.2 Å². The number of rotatable bonds is 11. The highest BCUT2D eigenvalue weighted by atomic mass is 16.5. The first-order chi connectivity index (χ1) is 23.9. The number of carbonyl (C=O) groups excluding carboxylic acids is 1. The highest BCUT2D eigenvalue weighted by molar-refractivity contribution is 5.99. The molecule has 2 N–H and O–H groups in total. The zero-order chi connectivity index (χ0) is 36.8. The van der Waals surface area contributed by atoms with Gasteiger partial charge in [0.15, 0.2) is 5.78 Å². The van der Waals surface area contributed by atoms with Gasteiger partial charge in [-0.15, -0.1) is 0 Å². The third-order valence-corrected chi connectivity index (χ3v) is 8.46. The summed E-state index contributed by atoms with van der Waals surface area (Å²) in [6.07, 6.45) is 5.66. The Balaban J connectivity index is 0.000000314. The minimum atomic E-state index is -0.349. The zero-order valence-corrected chi connectivity index (χ0v) is 30.1.